The molecule has 1 nitrogen and oxygen atoms in total. The summed E-state index contributed by atoms with van der Waals surface area (Å²) in [6.45, 7) is 0. The molecule has 1 aromatic heterocycles. The van der Waals surface area contributed by atoms with Gasteiger partial charge in [0.15, 0.2) is 0 Å². The highest BCUT2D eigenvalue weighted by Crippen LogP contribution is 2.28. The molecule has 0 amide bonds. The van der Waals surface area contributed by atoms with E-state index in [1.165, 1.54) is 0 Å². The normalized spacial score (nSPS) is 13.1. The molecule has 66 valence electrons. The van der Waals surface area contributed by atoms with Gasteiger partial charge in [0.05, 0.1) is 0 Å². The van der Waals surface area contributed by atoms with Crippen LogP contribution < -0.4 is 0 Å². The number of hydrogen-bond donors (Lipinski definition) is 0. The molecule has 1 aromatic carbocycles. The molecule has 3 rings (SSSR count). The monoisotopic (exact) mass is 180 g/mol. The number of hydrogen-bond acceptors (Lipinski definition) is 1. The highest BCUT2D eigenvalue weighted by molar-refractivity contribution is 5.91. The fraction of sp³-hybridized carbons (Fsp3) is 0. The van der Waals surface area contributed by atoms with Crippen LogP contribution >= 0.6 is 0 Å². The average molecular weight is 180 g/mol. The summed E-state index contributed by atoms with van der Waals surface area (Å²) in [7, 11) is 0. The lowest BCUT2D eigenvalue weighted by Gasteiger charge is -1.87. The van der Waals surface area contributed by atoms with Crippen LogP contribution in [0, 0.1) is 0 Å². The number of furan rings is 1. The van der Waals surface area contributed by atoms with Gasteiger partial charge >= 0.3 is 0 Å². The second kappa shape index (κ2) is 2.76. The first-order chi connectivity index (χ1) is 6.95. The smallest absolute Gasteiger partial charge is 0.136 e. The van der Waals surface area contributed by atoms with Crippen LogP contribution in [0.25, 0.3) is 23.1 Å². The van der Waals surface area contributed by atoms with Gasteiger partial charge < -0.3 is 4.42 Å². The maximum atomic E-state index is 5.69. The molecule has 1 heteroatoms. The van der Waals surface area contributed by atoms with E-state index in [9.17, 15) is 0 Å². The van der Waals surface area contributed by atoms with E-state index in [4.69, 9.17) is 4.42 Å². The molecule has 1 aliphatic carbocycles. The molecular weight excluding hydrogens is 172 g/mol. The fourth-order valence-electron chi connectivity index (χ4n) is 1.68. The van der Waals surface area contributed by atoms with Gasteiger partial charge in [-0.3, -0.25) is 0 Å². The summed E-state index contributed by atoms with van der Waals surface area (Å²) in [4.78, 5) is 0. The van der Waals surface area contributed by atoms with Crippen molar-refractivity contribution in [3.05, 3.63) is 53.5 Å². The molecule has 0 atom stereocenters. The van der Waals surface area contributed by atoms with Crippen LogP contribution in [0.1, 0.15) is 11.3 Å². The molecule has 0 spiro atoms. The third-order valence-electron chi connectivity index (χ3n) is 2.33. The summed E-state index contributed by atoms with van der Waals surface area (Å²) in [5, 5.41) is 1.15. The van der Waals surface area contributed by atoms with E-state index in [2.05, 4.69) is 11.8 Å². The van der Waals surface area contributed by atoms with Crippen LogP contribution in [0.3, 0.4) is 0 Å². The molecule has 0 aliphatic heterocycles. The Balaban J connectivity index is 2.47. The Bertz CT molecular complexity index is 578. The lowest BCUT2D eigenvalue weighted by Crippen LogP contribution is -1.70. The van der Waals surface area contributed by atoms with Crippen LogP contribution in [0.4, 0.5) is 0 Å². The Morgan fingerprint density at radius 2 is 2.07 bits per heavy atom. The molecule has 0 saturated carbocycles. The number of rotatable bonds is 0. The second-order valence-corrected chi connectivity index (χ2v) is 3.21. The Kier molecular flexibility index (Phi) is 1.46. The van der Waals surface area contributed by atoms with E-state index < -0.39 is 0 Å². The summed E-state index contributed by atoms with van der Waals surface area (Å²) >= 11 is 0. The van der Waals surface area contributed by atoms with Crippen molar-refractivity contribution in [2.45, 2.75) is 0 Å². The standard InChI is InChI=1S/C13H8O/c1-2-6-10-11-7-4-5-9-13(11)14-12(10)8-3-1/h1,3-9H. The molecule has 2 aromatic rings. The fourth-order valence-corrected chi connectivity index (χ4v) is 1.68. The molecule has 0 saturated heterocycles. The molecule has 0 unspecified atom stereocenters. The second-order valence-electron chi connectivity index (χ2n) is 3.21. The zero-order valence-electron chi connectivity index (χ0n) is 7.53. The highest BCUT2D eigenvalue weighted by Gasteiger charge is 2.08. The van der Waals surface area contributed by atoms with Gasteiger partial charge in [0.2, 0.25) is 0 Å². The van der Waals surface area contributed by atoms with Gasteiger partial charge in [-0.25, -0.2) is 0 Å². The molecule has 1 heterocycles. The van der Waals surface area contributed by atoms with Gasteiger partial charge in [-0.05, 0) is 24.3 Å². The number of para-hydroxylation sites is 1. The topological polar surface area (TPSA) is 13.1 Å². The lowest BCUT2D eigenvalue weighted by molar-refractivity contribution is 0.603. The van der Waals surface area contributed by atoms with Crippen molar-refractivity contribution >= 4 is 23.1 Å². The first-order valence-corrected chi connectivity index (χ1v) is 4.56. The molecule has 0 bridgehead atoms. The maximum Gasteiger partial charge on any atom is 0.136 e. The first kappa shape index (κ1) is 7.43. The van der Waals surface area contributed by atoms with Crippen molar-refractivity contribution in [1.82, 2.24) is 0 Å². The van der Waals surface area contributed by atoms with Gasteiger partial charge in [-0.2, -0.15) is 0 Å². The summed E-state index contributed by atoms with van der Waals surface area (Å²) in [6.07, 6.45) is 7.74. The number of allylic oxidation sites excluding steroid dienone is 2. The van der Waals surface area contributed by atoms with Crippen molar-refractivity contribution in [3.8, 4) is 0 Å². The van der Waals surface area contributed by atoms with Crippen molar-refractivity contribution in [2.75, 3.05) is 0 Å². The van der Waals surface area contributed by atoms with Gasteiger partial charge in [0, 0.05) is 10.9 Å². The van der Waals surface area contributed by atoms with E-state index in [0.29, 0.717) is 0 Å². The van der Waals surface area contributed by atoms with Gasteiger partial charge in [-0.1, -0.05) is 24.3 Å². The lowest BCUT2D eigenvalue weighted by atomic mass is 10.1. The minimum absolute atomic E-state index is 0.910. The van der Waals surface area contributed by atoms with E-state index >= 15 is 0 Å². The third kappa shape index (κ3) is 0.968. The van der Waals surface area contributed by atoms with Crippen LogP contribution in [0.5, 0.6) is 0 Å². The minimum Gasteiger partial charge on any atom is -0.456 e. The molecule has 1 aliphatic rings. The van der Waals surface area contributed by atoms with Crippen LogP contribution in [-0.2, 0) is 0 Å². The zero-order valence-corrected chi connectivity index (χ0v) is 7.53. The van der Waals surface area contributed by atoms with E-state index in [-0.39, 0.29) is 0 Å². The summed E-state index contributed by atoms with van der Waals surface area (Å²) in [5.41, 5.74) is 5.13. The van der Waals surface area contributed by atoms with E-state index in [1.807, 2.05) is 42.5 Å². The largest absolute Gasteiger partial charge is 0.456 e. The quantitative estimate of drug-likeness (QED) is 0.564. The Morgan fingerprint density at radius 1 is 1.14 bits per heavy atom. The third-order valence-corrected chi connectivity index (χ3v) is 2.33. The van der Waals surface area contributed by atoms with Crippen molar-refractivity contribution in [1.29, 1.82) is 0 Å². The molecule has 0 radical (unpaired) electrons. The molecule has 0 N–H and O–H groups in total. The van der Waals surface area contributed by atoms with E-state index in [0.717, 1.165) is 22.3 Å². The molecule has 0 fully saturated rings. The number of fused-ring (bicyclic) bond motifs is 3. The maximum absolute atomic E-state index is 5.69. The van der Waals surface area contributed by atoms with E-state index in [1.54, 1.807) is 0 Å². The zero-order chi connectivity index (χ0) is 9.38. The highest BCUT2D eigenvalue weighted by atomic mass is 16.3. The van der Waals surface area contributed by atoms with Gasteiger partial charge in [0.25, 0.3) is 0 Å². The molecular formula is C13H8O. The van der Waals surface area contributed by atoms with Crippen LogP contribution in [0.2, 0.25) is 0 Å². The minimum atomic E-state index is 0.910. The first-order valence-electron chi connectivity index (χ1n) is 4.56. The summed E-state index contributed by atoms with van der Waals surface area (Å²) in [5.74, 6) is 0.910. The van der Waals surface area contributed by atoms with Crippen molar-refractivity contribution in [3.63, 3.8) is 0 Å². The van der Waals surface area contributed by atoms with Gasteiger partial charge in [-0.15, -0.1) is 5.73 Å². The van der Waals surface area contributed by atoms with Crippen LogP contribution in [-0.4, -0.2) is 0 Å². The van der Waals surface area contributed by atoms with Crippen LogP contribution in [0.15, 0.2) is 46.6 Å². The predicted molar refractivity (Wildman–Crippen MR) is 57.8 cm³/mol. The summed E-state index contributed by atoms with van der Waals surface area (Å²) in [6, 6.07) is 8.04. The van der Waals surface area contributed by atoms with Crippen molar-refractivity contribution in [2.24, 2.45) is 0 Å². The Labute approximate surface area is 81.7 Å². The Morgan fingerprint density at radius 3 is 3.07 bits per heavy atom. The number of benzene rings is 1. The summed E-state index contributed by atoms with van der Waals surface area (Å²) < 4.78 is 5.69. The van der Waals surface area contributed by atoms with Gasteiger partial charge in [0.1, 0.15) is 11.3 Å². The predicted octanol–water partition coefficient (Wildman–Crippen LogP) is 3.63. The average Bonchev–Trinajstić information content (AvgIpc) is 2.42. The molecule has 14 heavy (non-hydrogen) atoms. The van der Waals surface area contributed by atoms with Crippen molar-refractivity contribution < 1.29 is 4.42 Å². The Hall–Kier alpha value is -1.98. The SMILES string of the molecule is C1=CC=Cc2oc3ccccc3c2C=1.